The molecule has 7 nitrogen and oxygen atoms in total. The van der Waals surface area contributed by atoms with Crippen LogP contribution in [0.5, 0.6) is 0 Å². The van der Waals surface area contributed by atoms with Gasteiger partial charge in [-0.2, -0.15) is 0 Å². The maximum atomic E-state index is 13.4. The summed E-state index contributed by atoms with van der Waals surface area (Å²) in [6, 6.07) is 15.7. The third-order valence-corrected chi connectivity index (χ3v) is 6.93. The van der Waals surface area contributed by atoms with Crippen LogP contribution in [0.15, 0.2) is 70.2 Å². The van der Waals surface area contributed by atoms with Crippen molar-refractivity contribution in [3.8, 4) is 0 Å². The zero-order valence-corrected chi connectivity index (χ0v) is 18.9. The summed E-state index contributed by atoms with van der Waals surface area (Å²) in [5.41, 5.74) is 2.14. The largest absolute Gasteiger partial charge is 0.467 e. The summed E-state index contributed by atoms with van der Waals surface area (Å²) in [7, 11) is 0.535. The van der Waals surface area contributed by atoms with Gasteiger partial charge in [0.05, 0.1) is 27.9 Å². The first-order valence-corrected chi connectivity index (χ1v) is 12.2. The highest BCUT2D eigenvalue weighted by atomic mass is 32.2. The zero-order valence-electron chi connectivity index (χ0n) is 17.3. The summed E-state index contributed by atoms with van der Waals surface area (Å²) in [4.78, 5) is 21.7. The lowest BCUT2D eigenvalue weighted by atomic mass is 10.1. The van der Waals surface area contributed by atoms with Gasteiger partial charge in [0, 0.05) is 31.6 Å². The van der Waals surface area contributed by atoms with Gasteiger partial charge in [0.2, 0.25) is 0 Å². The number of benzene rings is 2. The van der Waals surface area contributed by atoms with Gasteiger partial charge in [-0.3, -0.25) is 9.69 Å². The number of thiazole rings is 1. The molecule has 0 radical (unpaired) electrons. The molecule has 4 rings (SSSR count). The summed E-state index contributed by atoms with van der Waals surface area (Å²) < 4.78 is 30.0. The molecule has 0 atom stereocenters. The molecule has 0 aliphatic carbocycles. The lowest BCUT2D eigenvalue weighted by Crippen LogP contribution is -2.30. The van der Waals surface area contributed by atoms with Gasteiger partial charge in [-0.05, 0) is 54.6 Å². The van der Waals surface area contributed by atoms with Crippen molar-refractivity contribution < 1.29 is 17.6 Å². The Balaban J connectivity index is 1.75. The molecule has 0 fully saturated rings. The Labute approximate surface area is 184 Å². The number of furan rings is 1. The third kappa shape index (κ3) is 4.47. The molecular formula is C22H21N3O4S2. The molecule has 0 saturated heterocycles. The molecule has 2 aromatic heterocycles. The average molecular weight is 456 g/mol. The molecule has 0 unspecified atom stereocenters. The fraction of sp³-hybridized carbons (Fsp3) is 0.182. The highest BCUT2D eigenvalue weighted by molar-refractivity contribution is 7.90. The van der Waals surface area contributed by atoms with Crippen LogP contribution in [-0.2, 0) is 16.4 Å². The number of nitrogens with zero attached hydrogens (tertiary/aromatic N) is 3. The van der Waals surface area contributed by atoms with Gasteiger partial charge in [-0.25, -0.2) is 13.4 Å². The first kappa shape index (κ1) is 21.1. The van der Waals surface area contributed by atoms with E-state index in [9.17, 15) is 13.2 Å². The number of hydrogen-bond acceptors (Lipinski definition) is 7. The molecule has 1 amide bonds. The van der Waals surface area contributed by atoms with E-state index in [1.54, 1.807) is 47.6 Å². The molecule has 2 heterocycles. The van der Waals surface area contributed by atoms with Crippen molar-refractivity contribution in [1.29, 1.82) is 0 Å². The normalized spacial score (nSPS) is 11.6. The molecule has 9 heteroatoms. The number of carbonyl (C=O) groups is 1. The second-order valence-electron chi connectivity index (χ2n) is 7.31. The fourth-order valence-electron chi connectivity index (χ4n) is 3.08. The minimum atomic E-state index is -3.34. The van der Waals surface area contributed by atoms with Crippen molar-refractivity contribution in [1.82, 2.24) is 4.98 Å². The molecular weight excluding hydrogens is 434 g/mol. The first-order valence-electron chi connectivity index (χ1n) is 9.44. The quantitative estimate of drug-likeness (QED) is 0.433. The van der Waals surface area contributed by atoms with Crippen molar-refractivity contribution in [3.63, 3.8) is 0 Å². The van der Waals surface area contributed by atoms with Gasteiger partial charge < -0.3 is 9.32 Å². The Morgan fingerprint density at radius 1 is 1.10 bits per heavy atom. The highest BCUT2D eigenvalue weighted by Gasteiger charge is 2.23. The number of sulfone groups is 1. The summed E-state index contributed by atoms with van der Waals surface area (Å²) in [6.07, 6.45) is 2.72. The molecule has 160 valence electrons. The highest BCUT2D eigenvalue weighted by Crippen LogP contribution is 2.32. The van der Waals surface area contributed by atoms with Gasteiger partial charge in [-0.15, -0.1) is 0 Å². The number of aromatic nitrogens is 1. The number of rotatable bonds is 6. The maximum Gasteiger partial charge on any atom is 0.260 e. The number of hydrogen-bond donors (Lipinski definition) is 0. The lowest BCUT2D eigenvalue weighted by molar-refractivity contribution is 0.0983. The molecule has 0 saturated carbocycles. The molecule has 0 bridgehead atoms. The second-order valence-corrected chi connectivity index (χ2v) is 10.3. The van der Waals surface area contributed by atoms with E-state index in [0.717, 1.165) is 5.69 Å². The molecule has 2 aromatic carbocycles. The summed E-state index contributed by atoms with van der Waals surface area (Å²) >= 11 is 1.27. The van der Waals surface area contributed by atoms with E-state index in [4.69, 9.17) is 4.42 Å². The van der Waals surface area contributed by atoms with Crippen LogP contribution < -0.4 is 9.80 Å². The summed E-state index contributed by atoms with van der Waals surface area (Å²) in [5, 5.41) is 0.471. The van der Waals surface area contributed by atoms with Crippen LogP contribution in [0.2, 0.25) is 0 Å². The van der Waals surface area contributed by atoms with Gasteiger partial charge in [0.1, 0.15) is 5.76 Å². The van der Waals surface area contributed by atoms with E-state index in [0.29, 0.717) is 26.7 Å². The van der Waals surface area contributed by atoms with Crippen LogP contribution in [0.25, 0.3) is 10.2 Å². The van der Waals surface area contributed by atoms with E-state index in [-0.39, 0.29) is 17.3 Å². The number of fused-ring (bicyclic) bond motifs is 1. The second kappa shape index (κ2) is 8.16. The topological polar surface area (TPSA) is 83.7 Å². The Morgan fingerprint density at radius 3 is 2.45 bits per heavy atom. The minimum Gasteiger partial charge on any atom is -0.467 e. The van der Waals surface area contributed by atoms with Crippen LogP contribution in [0.3, 0.4) is 0 Å². The van der Waals surface area contributed by atoms with Gasteiger partial charge >= 0.3 is 0 Å². The standard InChI is InChI=1S/C22H21N3O4S2/c1-24(2)16-8-6-15(7-9-16)21(26)25(14-17-5-4-12-29-17)22-23-19-11-10-18(31(3,27)28)13-20(19)30-22/h4-13H,14H2,1-3H3. The molecule has 4 aromatic rings. The van der Waals surface area contributed by atoms with E-state index in [1.807, 2.05) is 31.1 Å². The average Bonchev–Trinajstić information content (AvgIpc) is 3.39. The molecule has 0 aliphatic heterocycles. The van der Waals surface area contributed by atoms with Crippen LogP contribution in [0.1, 0.15) is 16.1 Å². The number of anilines is 2. The zero-order chi connectivity index (χ0) is 22.2. The van der Waals surface area contributed by atoms with Crippen molar-refractivity contribution in [3.05, 3.63) is 72.2 Å². The first-order chi connectivity index (χ1) is 14.7. The van der Waals surface area contributed by atoms with E-state index >= 15 is 0 Å². The fourth-order valence-corrected chi connectivity index (χ4v) is 4.81. The summed E-state index contributed by atoms with van der Waals surface area (Å²) in [5.74, 6) is 0.401. The van der Waals surface area contributed by atoms with Crippen molar-refractivity contribution in [2.24, 2.45) is 0 Å². The van der Waals surface area contributed by atoms with Crippen LogP contribution in [-0.4, -0.2) is 39.7 Å². The van der Waals surface area contributed by atoms with Crippen LogP contribution in [0.4, 0.5) is 10.8 Å². The van der Waals surface area contributed by atoms with E-state index in [2.05, 4.69) is 4.98 Å². The van der Waals surface area contributed by atoms with Crippen molar-refractivity contribution in [2.75, 3.05) is 30.2 Å². The predicted octanol–water partition coefficient (Wildman–Crippen LogP) is 4.21. The van der Waals surface area contributed by atoms with E-state index in [1.165, 1.54) is 23.7 Å². The van der Waals surface area contributed by atoms with Crippen molar-refractivity contribution in [2.45, 2.75) is 11.4 Å². The van der Waals surface area contributed by atoms with Gasteiger partial charge in [0.25, 0.3) is 5.91 Å². The molecule has 0 N–H and O–H groups in total. The van der Waals surface area contributed by atoms with Crippen LogP contribution >= 0.6 is 11.3 Å². The Bertz CT molecular complexity index is 1330. The monoisotopic (exact) mass is 455 g/mol. The number of carbonyl (C=O) groups excluding carboxylic acids is 1. The van der Waals surface area contributed by atoms with E-state index < -0.39 is 9.84 Å². The third-order valence-electron chi connectivity index (χ3n) is 4.78. The number of amides is 1. The lowest BCUT2D eigenvalue weighted by Gasteiger charge is -2.19. The van der Waals surface area contributed by atoms with Crippen LogP contribution in [0, 0.1) is 0 Å². The molecule has 31 heavy (non-hydrogen) atoms. The maximum absolute atomic E-state index is 13.4. The smallest absolute Gasteiger partial charge is 0.260 e. The molecule has 0 spiro atoms. The van der Waals surface area contributed by atoms with Gasteiger partial charge in [0.15, 0.2) is 15.0 Å². The SMILES string of the molecule is CN(C)c1ccc(C(=O)N(Cc2ccco2)c2nc3ccc(S(C)(=O)=O)cc3s2)cc1. The Morgan fingerprint density at radius 2 is 1.84 bits per heavy atom. The molecule has 0 aliphatic rings. The Kier molecular flexibility index (Phi) is 5.55. The summed E-state index contributed by atoms with van der Waals surface area (Å²) in [6.45, 7) is 0.208. The minimum absolute atomic E-state index is 0.208. The predicted molar refractivity (Wildman–Crippen MR) is 123 cm³/mol. The van der Waals surface area contributed by atoms with Crippen molar-refractivity contribution >= 4 is 48.1 Å². The Hall–Kier alpha value is -3.17. The van der Waals surface area contributed by atoms with Gasteiger partial charge in [-0.1, -0.05) is 11.3 Å².